The first kappa shape index (κ1) is 32.3. The number of benzene rings is 8. The Bertz CT molecular complexity index is 3470. The van der Waals surface area contributed by atoms with Crippen molar-refractivity contribution in [1.29, 1.82) is 0 Å². The molecule has 0 spiro atoms. The van der Waals surface area contributed by atoms with Crippen molar-refractivity contribution in [2.24, 2.45) is 0 Å². The fourth-order valence-corrected chi connectivity index (χ4v) is 10.8. The van der Waals surface area contributed by atoms with Gasteiger partial charge in [-0.2, -0.15) is 0 Å². The third-order valence-corrected chi connectivity index (χ3v) is 13.4. The van der Waals surface area contributed by atoms with Gasteiger partial charge in [0.25, 0.3) is 0 Å². The lowest BCUT2D eigenvalue weighted by molar-refractivity contribution is 0.669. The number of furan rings is 1. The first-order valence-corrected chi connectivity index (χ1v) is 20.6. The van der Waals surface area contributed by atoms with E-state index >= 15 is 0 Å². The standard InChI is InChI=1S/C51H29N3OS2/c1-3-14-30(15-4-1)49-52-50(31-16-5-2-6-17-31)54-51(53-49)39-24-12-23-38-46-33(20-13-27-44(46)57-48(38)39)32-28-40(45-37-19-7-9-25-41(37)55-42(45)29-32)36-22-11-21-35-34-18-8-10-26-43(34)56-47(35)36/h1-29H. The molecule has 4 nitrogen and oxygen atoms in total. The average molecular weight is 764 g/mol. The van der Waals surface area contributed by atoms with Crippen LogP contribution in [0.5, 0.6) is 0 Å². The van der Waals surface area contributed by atoms with Crippen molar-refractivity contribution in [2.75, 3.05) is 0 Å². The molecule has 0 bridgehead atoms. The topological polar surface area (TPSA) is 51.8 Å². The molecule has 0 radical (unpaired) electrons. The summed E-state index contributed by atoms with van der Waals surface area (Å²) in [4.78, 5) is 15.2. The van der Waals surface area contributed by atoms with Crippen molar-refractivity contribution in [3.05, 3.63) is 176 Å². The smallest absolute Gasteiger partial charge is 0.165 e. The van der Waals surface area contributed by atoms with Crippen LogP contribution < -0.4 is 0 Å². The zero-order valence-electron chi connectivity index (χ0n) is 30.3. The third-order valence-electron chi connectivity index (χ3n) is 10.9. The van der Waals surface area contributed by atoms with E-state index in [9.17, 15) is 0 Å². The van der Waals surface area contributed by atoms with E-state index in [1.165, 1.54) is 46.8 Å². The van der Waals surface area contributed by atoms with Crippen molar-refractivity contribution < 1.29 is 4.42 Å². The molecule has 0 saturated carbocycles. The number of hydrogen-bond donors (Lipinski definition) is 0. The fraction of sp³-hybridized carbons (Fsp3) is 0. The molecule has 0 aliphatic heterocycles. The summed E-state index contributed by atoms with van der Waals surface area (Å²) in [7, 11) is 0. The summed E-state index contributed by atoms with van der Waals surface area (Å²) in [5.74, 6) is 1.96. The Morgan fingerprint density at radius 1 is 0.333 bits per heavy atom. The minimum Gasteiger partial charge on any atom is -0.456 e. The largest absolute Gasteiger partial charge is 0.456 e. The van der Waals surface area contributed by atoms with Crippen LogP contribution in [0.3, 0.4) is 0 Å². The number of hydrogen-bond acceptors (Lipinski definition) is 6. The number of para-hydroxylation sites is 1. The number of fused-ring (bicyclic) bond motifs is 9. The maximum Gasteiger partial charge on any atom is 0.165 e. The number of rotatable bonds is 5. The van der Waals surface area contributed by atoms with Crippen LogP contribution in [0.25, 0.3) is 119 Å². The van der Waals surface area contributed by atoms with E-state index in [0.29, 0.717) is 17.5 Å². The normalized spacial score (nSPS) is 11.9. The van der Waals surface area contributed by atoms with Crippen molar-refractivity contribution in [2.45, 2.75) is 0 Å². The summed E-state index contributed by atoms with van der Waals surface area (Å²) in [6.07, 6.45) is 0. The highest BCUT2D eigenvalue weighted by Crippen LogP contribution is 2.48. The molecule has 0 aliphatic carbocycles. The second kappa shape index (κ2) is 12.8. The zero-order chi connectivity index (χ0) is 37.5. The van der Waals surface area contributed by atoms with E-state index in [2.05, 4.69) is 133 Å². The van der Waals surface area contributed by atoms with Gasteiger partial charge < -0.3 is 4.42 Å². The molecule has 6 heteroatoms. The summed E-state index contributed by atoms with van der Waals surface area (Å²) in [5, 5.41) is 7.21. The molecule has 0 fully saturated rings. The molecule has 57 heavy (non-hydrogen) atoms. The van der Waals surface area contributed by atoms with Gasteiger partial charge in [0.05, 0.1) is 0 Å². The second-order valence-electron chi connectivity index (χ2n) is 14.3. The van der Waals surface area contributed by atoms with Gasteiger partial charge in [0.2, 0.25) is 0 Å². The van der Waals surface area contributed by atoms with Gasteiger partial charge in [-0.05, 0) is 53.1 Å². The third kappa shape index (κ3) is 5.15. The fourth-order valence-electron chi connectivity index (χ4n) is 8.38. The molecule has 0 aliphatic rings. The van der Waals surface area contributed by atoms with Gasteiger partial charge in [0.1, 0.15) is 11.2 Å². The minimum absolute atomic E-state index is 0.651. The van der Waals surface area contributed by atoms with Crippen LogP contribution in [-0.2, 0) is 0 Å². The molecule has 0 amide bonds. The van der Waals surface area contributed by atoms with Crippen molar-refractivity contribution in [1.82, 2.24) is 15.0 Å². The molecule has 0 N–H and O–H groups in total. The Balaban J connectivity index is 1.10. The molecule has 266 valence electrons. The highest BCUT2D eigenvalue weighted by Gasteiger charge is 2.22. The van der Waals surface area contributed by atoms with Gasteiger partial charge in [-0.15, -0.1) is 22.7 Å². The van der Waals surface area contributed by atoms with Crippen LogP contribution >= 0.6 is 22.7 Å². The number of aromatic nitrogens is 3. The molecule has 4 aromatic heterocycles. The summed E-state index contributed by atoms with van der Waals surface area (Å²) in [5.41, 5.74) is 9.33. The molecule has 0 atom stereocenters. The predicted molar refractivity (Wildman–Crippen MR) is 240 cm³/mol. The highest BCUT2D eigenvalue weighted by molar-refractivity contribution is 7.26. The first-order chi connectivity index (χ1) is 28.2. The molecule has 12 aromatic rings. The lowest BCUT2D eigenvalue weighted by Gasteiger charge is -2.11. The predicted octanol–water partition coefficient (Wildman–Crippen LogP) is 14.8. The van der Waals surface area contributed by atoms with Gasteiger partial charge in [-0.25, -0.2) is 15.0 Å². The van der Waals surface area contributed by atoms with Crippen LogP contribution in [0.1, 0.15) is 0 Å². The van der Waals surface area contributed by atoms with E-state index in [4.69, 9.17) is 19.4 Å². The molecule has 4 heterocycles. The Morgan fingerprint density at radius 2 is 0.895 bits per heavy atom. The first-order valence-electron chi connectivity index (χ1n) is 18.9. The molecule has 12 rings (SSSR count). The maximum absolute atomic E-state index is 6.68. The van der Waals surface area contributed by atoms with E-state index < -0.39 is 0 Å². The van der Waals surface area contributed by atoms with E-state index in [0.717, 1.165) is 54.5 Å². The summed E-state index contributed by atoms with van der Waals surface area (Å²) in [6, 6.07) is 61.9. The van der Waals surface area contributed by atoms with Crippen LogP contribution in [0.15, 0.2) is 180 Å². The van der Waals surface area contributed by atoms with E-state index in [1.807, 2.05) is 53.8 Å². The number of thiophene rings is 2. The lowest BCUT2D eigenvalue weighted by Crippen LogP contribution is -2.00. The molecular weight excluding hydrogens is 735 g/mol. The Morgan fingerprint density at radius 3 is 1.68 bits per heavy atom. The van der Waals surface area contributed by atoms with Crippen LogP contribution in [0.2, 0.25) is 0 Å². The highest BCUT2D eigenvalue weighted by atomic mass is 32.1. The van der Waals surface area contributed by atoms with Gasteiger partial charge in [0.15, 0.2) is 17.5 Å². The second-order valence-corrected chi connectivity index (χ2v) is 16.4. The maximum atomic E-state index is 6.68. The van der Waals surface area contributed by atoms with Crippen molar-refractivity contribution >= 4 is 85.0 Å². The van der Waals surface area contributed by atoms with Gasteiger partial charge in [-0.3, -0.25) is 0 Å². The van der Waals surface area contributed by atoms with Gasteiger partial charge >= 0.3 is 0 Å². The molecular formula is C51H29N3OS2. The quantitative estimate of drug-likeness (QED) is 0.175. The Kier molecular flexibility index (Phi) is 7.24. The summed E-state index contributed by atoms with van der Waals surface area (Å²) in [6.45, 7) is 0. The van der Waals surface area contributed by atoms with Crippen LogP contribution in [-0.4, -0.2) is 15.0 Å². The van der Waals surface area contributed by atoms with Crippen LogP contribution in [0.4, 0.5) is 0 Å². The lowest BCUT2D eigenvalue weighted by atomic mass is 9.92. The van der Waals surface area contributed by atoms with Crippen molar-refractivity contribution in [3.63, 3.8) is 0 Å². The van der Waals surface area contributed by atoms with E-state index in [1.54, 1.807) is 11.3 Å². The summed E-state index contributed by atoms with van der Waals surface area (Å²) < 4.78 is 11.6. The average Bonchev–Trinajstić information content (AvgIpc) is 3.98. The Labute approximate surface area is 335 Å². The SMILES string of the molecule is c1ccc(-c2nc(-c3ccccc3)nc(-c3cccc4c3sc3cccc(-c5cc(-c6cccc7c6sc6ccccc67)c6c(c5)oc5ccccc56)c34)n2)cc1. The Hall–Kier alpha value is -6.99. The van der Waals surface area contributed by atoms with Gasteiger partial charge in [-0.1, -0.05) is 140 Å². The number of nitrogens with zero attached hydrogens (tertiary/aromatic N) is 3. The van der Waals surface area contributed by atoms with Crippen molar-refractivity contribution in [3.8, 4) is 56.4 Å². The summed E-state index contributed by atoms with van der Waals surface area (Å²) >= 11 is 3.65. The molecule has 0 unspecified atom stereocenters. The zero-order valence-corrected chi connectivity index (χ0v) is 31.9. The van der Waals surface area contributed by atoms with Gasteiger partial charge in [0, 0.05) is 73.4 Å². The van der Waals surface area contributed by atoms with Crippen LogP contribution in [0, 0.1) is 0 Å². The van der Waals surface area contributed by atoms with E-state index in [-0.39, 0.29) is 0 Å². The monoisotopic (exact) mass is 763 g/mol. The molecule has 8 aromatic carbocycles. The minimum atomic E-state index is 0.651. The molecule has 0 saturated heterocycles.